The summed E-state index contributed by atoms with van der Waals surface area (Å²) in [6, 6.07) is 0. The summed E-state index contributed by atoms with van der Waals surface area (Å²) in [5.41, 5.74) is 2.67. The molecular weight excluding hydrogens is 472 g/mol. The van der Waals surface area contributed by atoms with Crippen LogP contribution in [0.5, 0.6) is 0 Å². The van der Waals surface area contributed by atoms with Crippen LogP contribution >= 0.6 is 11.8 Å². The van der Waals surface area contributed by atoms with Crippen LogP contribution in [0.25, 0.3) is 0 Å². The fourth-order valence-electron chi connectivity index (χ4n) is 9.34. The van der Waals surface area contributed by atoms with Gasteiger partial charge in [0, 0.05) is 5.25 Å². The summed E-state index contributed by atoms with van der Waals surface area (Å²) in [5.74, 6) is 3.69. The fourth-order valence-corrected chi connectivity index (χ4v) is 10.3. The Morgan fingerprint density at radius 1 is 0.892 bits per heavy atom. The molecule has 0 aromatic rings. The average molecular weight is 531 g/mol. The molecule has 4 aliphatic carbocycles. The first-order chi connectivity index (χ1) is 17.9. The number of hydrogen-bond acceptors (Lipinski definition) is 3. The normalized spacial score (nSPS) is 36.9. The van der Waals surface area contributed by atoms with Crippen LogP contribution in [-0.4, -0.2) is 17.2 Å². The zero-order valence-corrected chi connectivity index (χ0v) is 25.6. The number of allylic oxidation sites excluding steroid dienone is 2. The zero-order valence-electron chi connectivity index (χ0n) is 24.8. The van der Waals surface area contributed by atoms with Crippen molar-refractivity contribution in [1.29, 1.82) is 0 Å². The van der Waals surface area contributed by atoms with Crippen LogP contribution in [0.2, 0.25) is 0 Å². The number of rotatable bonds is 13. The molecule has 0 heterocycles. The highest BCUT2D eigenvalue weighted by molar-refractivity contribution is 8.13. The van der Waals surface area contributed by atoms with Crippen molar-refractivity contribution in [1.82, 2.24) is 0 Å². The Morgan fingerprint density at radius 2 is 1.62 bits per heavy atom. The molecule has 4 rings (SSSR count). The monoisotopic (exact) mass is 530 g/mol. The topological polar surface area (TPSA) is 26.3 Å². The fraction of sp³-hybridized carbons (Fsp3) is 0.912. The number of unbranched alkanes of at least 4 members (excludes halogenated alkanes) is 8. The lowest BCUT2D eigenvalue weighted by Crippen LogP contribution is -2.50. The van der Waals surface area contributed by atoms with Crippen molar-refractivity contribution in [2.45, 2.75) is 155 Å². The predicted molar refractivity (Wildman–Crippen MR) is 160 cm³/mol. The van der Waals surface area contributed by atoms with Crippen LogP contribution in [0.4, 0.5) is 4.79 Å². The van der Waals surface area contributed by atoms with Crippen molar-refractivity contribution in [2.24, 2.45) is 34.5 Å². The standard InChI is InChI=1S/C34H58O2S/c1-5-7-9-11-12-13-15-26-17-19-30-29-18-16-27-25-28(37-32(35)36-24-14-10-8-6-2)20-22-34(27,4)31(29)21-23-33(26,30)3/h16,26,28-31H,5-15,17-25H2,1-4H3/t26-,28-,29-,30-,31-,33+,34-/m0/s1. The van der Waals surface area contributed by atoms with Gasteiger partial charge < -0.3 is 4.74 Å². The van der Waals surface area contributed by atoms with Crippen LogP contribution in [0.3, 0.4) is 0 Å². The van der Waals surface area contributed by atoms with E-state index in [2.05, 4.69) is 33.8 Å². The molecule has 3 fully saturated rings. The van der Waals surface area contributed by atoms with Crippen molar-refractivity contribution in [2.75, 3.05) is 6.61 Å². The second kappa shape index (κ2) is 13.8. The molecule has 0 bridgehead atoms. The van der Waals surface area contributed by atoms with Gasteiger partial charge in [-0.2, -0.15) is 0 Å². The van der Waals surface area contributed by atoms with E-state index in [1.54, 1.807) is 5.57 Å². The molecule has 0 N–H and O–H groups in total. The van der Waals surface area contributed by atoms with Crippen LogP contribution in [0, 0.1) is 34.5 Å². The number of thioether (sulfide) groups is 1. The van der Waals surface area contributed by atoms with Gasteiger partial charge in [-0.3, -0.25) is 0 Å². The van der Waals surface area contributed by atoms with Crippen LogP contribution < -0.4 is 0 Å². The Bertz CT molecular complexity index is 761. The number of carbonyl (C=O) groups is 1. The maximum absolute atomic E-state index is 12.5. The van der Waals surface area contributed by atoms with Crippen molar-refractivity contribution in [3.63, 3.8) is 0 Å². The molecule has 0 spiro atoms. The SMILES string of the molecule is CCCCCCCC[C@H]1CC[C@H]2[C@@H]3CC=C4C[C@@H](SC(=O)OCCCCCC)CC[C@]4(C)[C@H]3CC[C@]12C. The molecule has 0 aliphatic heterocycles. The van der Waals surface area contributed by atoms with Gasteiger partial charge in [-0.25, -0.2) is 4.79 Å². The van der Waals surface area contributed by atoms with E-state index in [1.165, 1.54) is 121 Å². The molecule has 0 aromatic heterocycles. The van der Waals surface area contributed by atoms with E-state index in [1.807, 2.05) is 0 Å². The highest BCUT2D eigenvalue weighted by Crippen LogP contribution is 2.67. The van der Waals surface area contributed by atoms with E-state index in [-0.39, 0.29) is 5.30 Å². The number of carbonyl (C=O) groups excluding carboxylic acids is 1. The van der Waals surface area contributed by atoms with Crippen LogP contribution in [0.1, 0.15) is 150 Å². The molecule has 37 heavy (non-hydrogen) atoms. The van der Waals surface area contributed by atoms with Crippen molar-refractivity contribution in [3.8, 4) is 0 Å². The largest absolute Gasteiger partial charge is 0.458 e. The second-order valence-electron chi connectivity index (χ2n) is 13.8. The third-order valence-electron chi connectivity index (χ3n) is 11.6. The molecule has 0 saturated heterocycles. The van der Waals surface area contributed by atoms with Crippen LogP contribution in [-0.2, 0) is 4.74 Å². The smallest absolute Gasteiger partial charge is 0.367 e. The van der Waals surface area contributed by atoms with E-state index in [9.17, 15) is 4.79 Å². The molecule has 2 nitrogen and oxygen atoms in total. The molecule has 0 unspecified atom stereocenters. The van der Waals surface area contributed by atoms with Gasteiger partial charge in [-0.15, -0.1) is 0 Å². The first-order valence-corrected chi connectivity index (χ1v) is 17.3. The average Bonchev–Trinajstić information content (AvgIpc) is 3.22. The lowest BCUT2D eigenvalue weighted by Gasteiger charge is -2.58. The van der Waals surface area contributed by atoms with E-state index in [4.69, 9.17) is 4.74 Å². The second-order valence-corrected chi connectivity index (χ2v) is 15.0. The maximum atomic E-state index is 12.5. The summed E-state index contributed by atoms with van der Waals surface area (Å²) >= 11 is 1.49. The Morgan fingerprint density at radius 3 is 2.41 bits per heavy atom. The van der Waals surface area contributed by atoms with Gasteiger partial charge in [-0.1, -0.05) is 97.1 Å². The van der Waals surface area contributed by atoms with E-state index in [0.717, 1.165) is 36.5 Å². The Balaban J connectivity index is 1.29. The molecular formula is C34H58O2S. The number of hydrogen-bond donors (Lipinski definition) is 0. The van der Waals surface area contributed by atoms with Gasteiger partial charge in [0.15, 0.2) is 0 Å². The predicted octanol–water partition coefficient (Wildman–Crippen LogP) is 11.1. The molecule has 4 aliphatic rings. The molecule has 212 valence electrons. The third-order valence-corrected chi connectivity index (χ3v) is 12.7. The first kappa shape index (κ1) is 29.5. The lowest BCUT2D eigenvalue weighted by molar-refractivity contribution is -0.0421. The molecule has 0 amide bonds. The zero-order chi connectivity index (χ0) is 26.3. The summed E-state index contributed by atoms with van der Waals surface area (Å²) in [6.07, 6.45) is 28.1. The lowest BCUT2D eigenvalue weighted by atomic mass is 9.47. The minimum atomic E-state index is -0.0322. The van der Waals surface area contributed by atoms with Gasteiger partial charge >= 0.3 is 5.30 Å². The maximum Gasteiger partial charge on any atom is 0.367 e. The molecule has 3 heteroatoms. The van der Waals surface area contributed by atoms with Crippen molar-refractivity contribution < 1.29 is 9.53 Å². The number of ether oxygens (including phenoxy) is 1. The highest BCUT2D eigenvalue weighted by Gasteiger charge is 2.58. The highest BCUT2D eigenvalue weighted by atomic mass is 32.2. The molecule has 0 aromatic carbocycles. The molecule has 0 radical (unpaired) electrons. The summed E-state index contributed by atoms with van der Waals surface area (Å²) in [7, 11) is 0. The third kappa shape index (κ3) is 6.83. The van der Waals surface area contributed by atoms with Gasteiger partial charge in [0.25, 0.3) is 0 Å². The minimum Gasteiger partial charge on any atom is -0.458 e. The Kier molecular flexibility index (Phi) is 11.0. The van der Waals surface area contributed by atoms with Crippen LogP contribution in [0.15, 0.2) is 11.6 Å². The minimum absolute atomic E-state index is 0.0322. The number of fused-ring (bicyclic) bond motifs is 5. The molecule has 7 atom stereocenters. The van der Waals surface area contributed by atoms with E-state index in [0.29, 0.717) is 22.7 Å². The Hall–Kier alpha value is -0.440. The van der Waals surface area contributed by atoms with Gasteiger partial charge in [0.05, 0.1) is 6.61 Å². The summed E-state index contributed by atoms with van der Waals surface area (Å²) in [6.45, 7) is 10.4. The van der Waals surface area contributed by atoms with Crippen molar-refractivity contribution >= 4 is 17.1 Å². The Labute approximate surface area is 233 Å². The van der Waals surface area contributed by atoms with E-state index >= 15 is 0 Å². The van der Waals surface area contributed by atoms with Gasteiger partial charge in [0.1, 0.15) is 0 Å². The van der Waals surface area contributed by atoms with Gasteiger partial charge in [0.2, 0.25) is 0 Å². The summed E-state index contributed by atoms with van der Waals surface area (Å²) in [4.78, 5) is 12.5. The summed E-state index contributed by atoms with van der Waals surface area (Å²) in [5, 5.41) is 0.385. The van der Waals surface area contributed by atoms with E-state index < -0.39 is 0 Å². The molecule has 3 saturated carbocycles. The first-order valence-electron chi connectivity index (χ1n) is 16.4. The quantitative estimate of drug-likeness (QED) is 0.134. The van der Waals surface area contributed by atoms with Crippen molar-refractivity contribution in [3.05, 3.63) is 11.6 Å². The summed E-state index contributed by atoms with van der Waals surface area (Å²) < 4.78 is 5.56. The van der Waals surface area contributed by atoms with Gasteiger partial charge in [-0.05, 0) is 110 Å².